The van der Waals surface area contributed by atoms with Crippen LogP contribution in [0, 0.1) is 6.92 Å². The Balaban J connectivity index is 2.43. The standard InChI is InChI=1S/C12H13N3O2S/c1-6(2)4-13-11(17)9-7(3)8-10(16)14-5-15-12(8)18-9/h5H,1,4H2,2-3H3,(H,13,17)(H,14,15,16). The Morgan fingerprint density at radius 3 is 2.94 bits per heavy atom. The van der Waals surface area contributed by atoms with Gasteiger partial charge < -0.3 is 10.3 Å². The largest absolute Gasteiger partial charge is 0.348 e. The van der Waals surface area contributed by atoms with Gasteiger partial charge in [0.15, 0.2) is 0 Å². The normalized spacial score (nSPS) is 10.6. The number of aromatic nitrogens is 2. The lowest BCUT2D eigenvalue weighted by atomic mass is 10.2. The van der Waals surface area contributed by atoms with Crippen molar-refractivity contribution in [1.82, 2.24) is 15.3 Å². The average Bonchev–Trinajstić information content (AvgIpc) is 2.65. The third kappa shape index (κ3) is 2.19. The van der Waals surface area contributed by atoms with Crippen molar-refractivity contribution < 1.29 is 4.79 Å². The molecule has 0 aliphatic rings. The minimum absolute atomic E-state index is 0.196. The van der Waals surface area contributed by atoms with E-state index >= 15 is 0 Å². The van der Waals surface area contributed by atoms with Crippen LogP contribution in [-0.2, 0) is 0 Å². The van der Waals surface area contributed by atoms with Gasteiger partial charge in [0.1, 0.15) is 4.83 Å². The van der Waals surface area contributed by atoms with Crippen LogP contribution in [0.25, 0.3) is 10.2 Å². The van der Waals surface area contributed by atoms with Gasteiger partial charge in [0.2, 0.25) is 0 Å². The van der Waals surface area contributed by atoms with Crippen molar-refractivity contribution in [3.63, 3.8) is 0 Å². The fourth-order valence-corrected chi connectivity index (χ4v) is 2.67. The topological polar surface area (TPSA) is 74.8 Å². The number of thiophene rings is 1. The summed E-state index contributed by atoms with van der Waals surface area (Å²) in [5.41, 5.74) is 1.33. The lowest BCUT2D eigenvalue weighted by Gasteiger charge is -2.03. The maximum absolute atomic E-state index is 12.0. The highest BCUT2D eigenvalue weighted by Gasteiger charge is 2.17. The lowest BCUT2D eigenvalue weighted by Crippen LogP contribution is -2.24. The number of hydrogen-bond acceptors (Lipinski definition) is 4. The third-order valence-corrected chi connectivity index (χ3v) is 3.69. The Morgan fingerprint density at radius 2 is 2.33 bits per heavy atom. The number of nitrogens with zero attached hydrogens (tertiary/aromatic N) is 1. The lowest BCUT2D eigenvalue weighted by molar-refractivity contribution is 0.0960. The van der Waals surface area contributed by atoms with Crippen molar-refractivity contribution >= 4 is 27.5 Å². The Kier molecular flexibility index (Phi) is 3.29. The number of aryl methyl sites for hydroxylation is 1. The van der Waals surface area contributed by atoms with Crippen LogP contribution < -0.4 is 10.9 Å². The number of hydrogen-bond donors (Lipinski definition) is 2. The van der Waals surface area contributed by atoms with Gasteiger partial charge >= 0.3 is 0 Å². The number of rotatable bonds is 3. The summed E-state index contributed by atoms with van der Waals surface area (Å²) in [4.78, 5) is 31.3. The number of carbonyl (C=O) groups excluding carboxylic acids is 1. The second-order valence-corrected chi connectivity index (χ2v) is 5.11. The van der Waals surface area contributed by atoms with Gasteiger partial charge in [-0.3, -0.25) is 9.59 Å². The number of nitrogens with one attached hydrogen (secondary N) is 2. The SMILES string of the molecule is C=C(C)CNC(=O)c1sc2nc[nH]c(=O)c2c1C. The molecule has 5 nitrogen and oxygen atoms in total. The second kappa shape index (κ2) is 4.73. The number of aromatic amines is 1. The van der Waals surface area contributed by atoms with E-state index < -0.39 is 0 Å². The van der Waals surface area contributed by atoms with Crippen LogP contribution in [0.3, 0.4) is 0 Å². The summed E-state index contributed by atoms with van der Waals surface area (Å²) >= 11 is 1.23. The van der Waals surface area contributed by atoms with Crippen molar-refractivity contribution in [2.24, 2.45) is 0 Å². The smallest absolute Gasteiger partial charge is 0.261 e. The summed E-state index contributed by atoms with van der Waals surface area (Å²) in [6.45, 7) is 7.74. The van der Waals surface area contributed by atoms with E-state index in [-0.39, 0.29) is 11.5 Å². The van der Waals surface area contributed by atoms with Gasteiger partial charge in [0.25, 0.3) is 11.5 Å². The highest BCUT2D eigenvalue weighted by molar-refractivity contribution is 7.20. The molecule has 18 heavy (non-hydrogen) atoms. The van der Waals surface area contributed by atoms with Crippen molar-refractivity contribution in [3.05, 3.63) is 39.3 Å². The molecule has 2 N–H and O–H groups in total. The van der Waals surface area contributed by atoms with Crippen LogP contribution in [-0.4, -0.2) is 22.4 Å². The van der Waals surface area contributed by atoms with E-state index in [1.165, 1.54) is 17.7 Å². The average molecular weight is 263 g/mol. The van der Waals surface area contributed by atoms with Crippen LogP contribution in [0.4, 0.5) is 0 Å². The summed E-state index contributed by atoms with van der Waals surface area (Å²) in [6, 6.07) is 0. The predicted molar refractivity (Wildman–Crippen MR) is 72.1 cm³/mol. The molecule has 94 valence electrons. The van der Waals surface area contributed by atoms with Crippen LogP contribution in [0.1, 0.15) is 22.2 Å². The summed E-state index contributed by atoms with van der Waals surface area (Å²) in [5.74, 6) is -0.196. The van der Waals surface area contributed by atoms with Gasteiger partial charge in [-0.05, 0) is 19.4 Å². The quantitative estimate of drug-likeness (QED) is 0.826. The molecule has 0 spiro atoms. The first-order valence-corrected chi connectivity index (χ1v) is 6.21. The molecule has 0 unspecified atom stereocenters. The summed E-state index contributed by atoms with van der Waals surface area (Å²) in [5, 5.41) is 3.24. The molecule has 0 radical (unpaired) electrons. The zero-order valence-corrected chi connectivity index (χ0v) is 11.0. The molecule has 0 atom stereocenters. The Morgan fingerprint density at radius 1 is 1.61 bits per heavy atom. The molecule has 6 heteroatoms. The van der Waals surface area contributed by atoms with Gasteiger partial charge in [-0.25, -0.2) is 4.98 Å². The van der Waals surface area contributed by atoms with Gasteiger partial charge in [-0.1, -0.05) is 12.2 Å². The minimum atomic E-state index is -0.215. The van der Waals surface area contributed by atoms with Crippen molar-refractivity contribution in [3.8, 4) is 0 Å². The molecule has 0 aliphatic heterocycles. The number of amides is 1. The second-order valence-electron chi connectivity index (χ2n) is 4.11. The first kappa shape index (κ1) is 12.5. The molecule has 0 aromatic carbocycles. The van der Waals surface area contributed by atoms with Gasteiger partial charge in [-0.15, -0.1) is 11.3 Å². The molecule has 2 rings (SSSR count). The maximum atomic E-state index is 12.0. The van der Waals surface area contributed by atoms with Crippen molar-refractivity contribution in [2.75, 3.05) is 6.54 Å². The number of carbonyl (C=O) groups is 1. The first-order valence-electron chi connectivity index (χ1n) is 5.40. The van der Waals surface area contributed by atoms with E-state index in [4.69, 9.17) is 0 Å². The summed E-state index contributed by atoms with van der Waals surface area (Å²) < 4.78 is 0. The van der Waals surface area contributed by atoms with Gasteiger partial charge in [-0.2, -0.15) is 0 Å². The fourth-order valence-electron chi connectivity index (χ4n) is 1.61. The van der Waals surface area contributed by atoms with Crippen LogP contribution in [0.5, 0.6) is 0 Å². The summed E-state index contributed by atoms with van der Waals surface area (Å²) in [7, 11) is 0. The molecule has 0 aliphatic carbocycles. The Bertz CT molecular complexity index is 684. The Labute approximate surface area is 108 Å². The molecule has 2 aromatic rings. The van der Waals surface area contributed by atoms with E-state index in [0.29, 0.717) is 27.2 Å². The highest BCUT2D eigenvalue weighted by atomic mass is 32.1. The zero-order valence-electron chi connectivity index (χ0n) is 10.2. The molecule has 0 fully saturated rings. The first-order chi connectivity index (χ1) is 8.50. The van der Waals surface area contributed by atoms with Crippen molar-refractivity contribution in [2.45, 2.75) is 13.8 Å². The van der Waals surface area contributed by atoms with Crippen LogP contribution in [0.15, 0.2) is 23.3 Å². The minimum Gasteiger partial charge on any atom is -0.348 e. The molecule has 0 saturated heterocycles. The van der Waals surface area contributed by atoms with Crippen LogP contribution in [0.2, 0.25) is 0 Å². The predicted octanol–water partition coefficient (Wildman–Crippen LogP) is 1.60. The van der Waals surface area contributed by atoms with Gasteiger partial charge in [0, 0.05) is 6.54 Å². The van der Waals surface area contributed by atoms with E-state index in [9.17, 15) is 9.59 Å². The molecular formula is C12H13N3O2S. The van der Waals surface area contributed by atoms with Gasteiger partial charge in [0.05, 0.1) is 16.6 Å². The van der Waals surface area contributed by atoms with E-state index in [0.717, 1.165) is 5.57 Å². The molecule has 2 heterocycles. The fraction of sp³-hybridized carbons (Fsp3) is 0.250. The molecular weight excluding hydrogens is 250 g/mol. The van der Waals surface area contributed by atoms with E-state index in [1.807, 2.05) is 6.92 Å². The number of fused-ring (bicyclic) bond motifs is 1. The Hall–Kier alpha value is -1.95. The molecule has 2 aromatic heterocycles. The summed E-state index contributed by atoms with van der Waals surface area (Å²) in [6.07, 6.45) is 1.34. The third-order valence-electron chi connectivity index (χ3n) is 2.49. The van der Waals surface area contributed by atoms with Crippen molar-refractivity contribution in [1.29, 1.82) is 0 Å². The molecule has 0 bridgehead atoms. The molecule has 1 amide bonds. The highest BCUT2D eigenvalue weighted by Crippen LogP contribution is 2.26. The van der Waals surface area contributed by atoms with Crippen LogP contribution >= 0.6 is 11.3 Å². The maximum Gasteiger partial charge on any atom is 0.261 e. The number of H-pyrrole nitrogens is 1. The van der Waals surface area contributed by atoms with E-state index in [2.05, 4.69) is 21.9 Å². The monoisotopic (exact) mass is 263 g/mol. The van der Waals surface area contributed by atoms with E-state index in [1.54, 1.807) is 6.92 Å². The molecule has 0 saturated carbocycles. The zero-order chi connectivity index (χ0) is 13.3.